The zero-order chi connectivity index (χ0) is 28.5. The van der Waals surface area contributed by atoms with Crippen molar-refractivity contribution >= 4 is 26.8 Å². The van der Waals surface area contributed by atoms with E-state index in [9.17, 15) is 13.2 Å². The molecular weight excluding hydrogens is 528 g/mol. The van der Waals surface area contributed by atoms with Gasteiger partial charge in [0.05, 0.1) is 12.2 Å². The van der Waals surface area contributed by atoms with Gasteiger partial charge in [0.1, 0.15) is 0 Å². The molecule has 1 aliphatic heterocycles. The Labute approximate surface area is 237 Å². The molecule has 1 amide bonds. The van der Waals surface area contributed by atoms with Gasteiger partial charge in [0.2, 0.25) is 15.9 Å². The van der Waals surface area contributed by atoms with Crippen LogP contribution >= 0.6 is 0 Å². The van der Waals surface area contributed by atoms with E-state index in [1.807, 2.05) is 18.3 Å². The average Bonchev–Trinajstić information content (AvgIpc) is 3.37. The highest BCUT2D eigenvalue weighted by molar-refractivity contribution is 7.89. The zero-order valence-electron chi connectivity index (χ0n) is 23.3. The van der Waals surface area contributed by atoms with Gasteiger partial charge in [0, 0.05) is 57.1 Å². The molecule has 1 fully saturated rings. The summed E-state index contributed by atoms with van der Waals surface area (Å²) in [5.41, 5.74) is 11.8. The molecule has 218 valence electrons. The molecule has 2 aromatic carbocycles. The summed E-state index contributed by atoms with van der Waals surface area (Å²) < 4.78 is 32.2. The second-order valence-corrected chi connectivity index (χ2v) is 12.7. The number of nitrogens with one attached hydrogen (secondary N) is 2. The standard InChI is InChI=1S/C30H42N4O5S/c1-39-14-5-15-40(37,38)34-11-8-23(9-12-34)28-21-33-30-26(19-29(31)36)17-25(18-27(28)30)24-7-4-6-22(16-24)20-32-10-2-3-13-35/h4,6-7,16-18,21,23,32-33,35H,2-3,5,8-15,19-20H2,1H3,(H2,31,36). The third kappa shape index (κ3) is 7.70. The fourth-order valence-electron chi connectivity index (χ4n) is 5.57. The van der Waals surface area contributed by atoms with E-state index in [2.05, 4.69) is 34.6 Å². The molecule has 1 aromatic heterocycles. The molecule has 40 heavy (non-hydrogen) atoms. The summed E-state index contributed by atoms with van der Waals surface area (Å²) in [5, 5.41) is 13.5. The molecule has 4 rings (SSSR count). The summed E-state index contributed by atoms with van der Waals surface area (Å²) in [5.74, 6) is -0.0666. The van der Waals surface area contributed by atoms with Crippen LogP contribution in [0, 0.1) is 0 Å². The number of unbranched alkanes of at least 4 members (excludes halogenated alkanes) is 1. The third-order valence-electron chi connectivity index (χ3n) is 7.66. The lowest BCUT2D eigenvalue weighted by atomic mass is 9.88. The predicted molar refractivity (Wildman–Crippen MR) is 158 cm³/mol. The van der Waals surface area contributed by atoms with Crippen LogP contribution in [0.4, 0.5) is 0 Å². The Hall–Kier alpha value is -2.76. The number of hydrogen-bond donors (Lipinski definition) is 4. The number of piperidine rings is 1. The minimum absolute atomic E-state index is 0.107. The average molecular weight is 571 g/mol. The maximum absolute atomic E-state index is 12.8. The SMILES string of the molecule is COCCCS(=O)(=O)N1CCC(c2c[nH]c3c(CC(N)=O)cc(-c4cccc(CNCCCCO)c4)cc23)CC1. The number of nitrogens with zero attached hydrogens (tertiary/aromatic N) is 1. The van der Waals surface area contributed by atoms with Crippen molar-refractivity contribution in [2.45, 2.75) is 51.0 Å². The monoisotopic (exact) mass is 570 g/mol. The first-order chi connectivity index (χ1) is 19.3. The van der Waals surface area contributed by atoms with Gasteiger partial charge in [-0.3, -0.25) is 4.79 Å². The first-order valence-electron chi connectivity index (χ1n) is 14.1. The van der Waals surface area contributed by atoms with Gasteiger partial charge in [-0.2, -0.15) is 0 Å². The fourth-order valence-corrected chi connectivity index (χ4v) is 7.08. The quantitative estimate of drug-likeness (QED) is 0.207. The number of primary amides is 1. The molecule has 9 nitrogen and oxygen atoms in total. The Morgan fingerprint density at radius 1 is 1.15 bits per heavy atom. The molecule has 10 heteroatoms. The number of amides is 1. The summed E-state index contributed by atoms with van der Waals surface area (Å²) in [4.78, 5) is 15.3. The molecule has 0 spiro atoms. The highest BCUT2D eigenvalue weighted by Crippen LogP contribution is 2.37. The second kappa shape index (κ2) is 14.2. The van der Waals surface area contributed by atoms with Crippen LogP contribution < -0.4 is 11.1 Å². The number of sulfonamides is 1. The number of ether oxygens (including phenoxy) is 1. The highest BCUT2D eigenvalue weighted by atomic mass is 32.2. The fraction of sp³-hybridized carbons (Fsp3) is 0.500. The first kappa shape index (κ1) is 30.2. The zero-order valence-corrected chi connectivity index (χ0v) is 24.1. The van der Waals surface area contributed by atoms with Crippen LogP contribution in [0.3, 0.4) is 0 Å². The van der Waals surface area contributed by atoms with E-state index >= 15 is 0 Å². The van der Waals surface area contributed by atoms with Crippen molar-refractivity contribution in [2.75, 3.05) is 45.7 Å². The number of benzene rings is 2. The number of carbonyl (C=O) groups excluding carboxylic acids is 1. The number of rotatable bonds is 15. The molecule has 5 N–H and O–H groups in total. The largest absolute Gasteiger partial charge is 0.396 e. The van der Waals surface area contributed by atoms with Crippen molar-refractivity contribution in [2.24, 2.45) is 5.73 Å². The van der Waals surface area contributed by atoms with Gasteiger partial charge in [0.15, 0.2) is 0 Å². The molecule has 0 saturated carbocycles. The summed E-state index contributed by atoms with van der Waals surface area (Å²) in [6, 6.07) is 12.6. The van der Waals surface area contributed by atoms with Crippen molar-refractivity contribution in [1.29, 1.82) is 0 Å². The Balaban J connectivity index is 1.56. The molecule has 0 aliphatic carbocycles. The first-order valence-corrected chi connectivity index (χ1v) is 15.7. The Bertz CT molecular complexity index is 1380. The van der Waals surface area contributed by atoms with Crippen LogP contribution in [-0.4, -0.2) is 74.4 Å². The number of nitrogens with two attached hydrogens (primary N) is 1. The molecule has 1 aliphatic rings. The van der Waals surface area contributed by atoms with Crippen molar-refractivity contribution in [3.8, 4) is 11.1 Å². The summed E-state index contributed by atoms with van der Waals surface area (Å²) >= 11 is 0. The maximum Gasteiger partial charge on any atom is 0.221 e. The van der Waals surface area contributed by atoms with Gasteiger partial charge >= 0.3 is 0 Å². The van der Waals surface area contributed by atoms with Crippen LogP contribution in [0.2, 0.25) is 0 Å². The lowest BCUT2D eigenvalue weighted by molar-refractivity contribution is -0.117. The molecule has 0 radical (unpaired) electrons. The number of methoxy groups -OCH3 is 1. The molecule has 1 saturated heterocycles. The number of fused-ring (bicyclic) bond motifs is 1. The lowest BCUT2D eigenvalue weighted by Gasteiger charge is -2.31. The van der Waals surface area contributed by atoms with E-state index in [0.717, 1.165) is 77.5 Å². The molecule has 0 atom stereocenters. The number of aliphatic hydroxyl groups excluding tert-OH is 1. The highest BCUT2D eigenvalue weighted by Gasteiger charge is 2.29. The normalized spacial score (nSPS) is 15.2. The number of aromatic nitrogens is 1. The van der Waals surface area contributed by atoms with Crippen LogP contribution in [0.15, 0.2) is 42.6 Å². The lowest BCUT2D eigenvalue weighted by Crippen LogP contribution is -2.39. The number of H-pyrrole nitrogens is 1. The topological polar surface area (TPSA) is 138 Å². The summed E-state index contributed by atoms with van der Waals surface area (Å²) in [7, 11) is -1.71. The maximum atomic E-state index is 12.8. The molecule has 2 heterocycles. The van der Waals surface area contributed by atoms with Crippen molar-refractivity contribution in [3.05, 3.63) is 59.3 Å². The van der Waals surface area contributed by atoms with Gasteiger partial charge in [-0.15, -0.1) is 0 Å². The summed E-state index contributed by atoms with van der Waals surface area (Å²) in [6.07, 6.45) is 5.84. The van der Waals surface area contributed by atoms with Crippen LogP contribution in [0.1, 0.15) is 54.7 Å². The molecule has 0 unspecified atom stereocenters. The number of aromatic amines is 1. The van der Waals surface area contributed by atoms with Crippen LogP contribution in [0.25, 0.3) is 22.0 Å². The minimum Gasteiger partial charge on any atom is -0.396 e. The summed E-state index contributed by atoms with van der Waals surface area (Å²) in [6.45, 7) is 3.21. The second-order valence-electron chi connectivity index (χ2n) is 10.6. The molecule has 0 bridgehead atoms. The van der Waals surface area contributed by atoms with Gasteiger partial charge in [0.25, 0.3) is 0 Å². The van der Waals surface area contributed by atoms with E-state index in [-0.39, 0.29) is 30.6 Å². The van der Waals surface area contributed by atoms with E-state index in [1.165, 1.54) is 0 Å². The number of aliphatic hydroxyl groups is 1. The Kier molecular flexibility index (Phi) is 10.7. The van der Waals surface area contributed by atoms with E-state index in [1.54, 1.807) is 11.4 Å². The number of hydrogen-bond acceptors (Lipinski definition) is 6. The number of carbonyl (C=O) groups is 1. The van der Waals surface area contributed by atoms with Gasteiger partial charge in [-0.25, -0.2) is 12.7 Å². The van der Waals surface area contributed by atoms with E-state index < -0.39 is 10.0 Å². The molecular formula is C30H42N4O5S. The minimum atomic E-state index is -3.29. The Morgan fingerprint density at radius 3 is 2.67 bits per heavy atom. The van der Waals surface area contributed by atoms with Crippen LogP contribution in [-0.2, 0) is 32.5 Å². The van der Waals surface area contributed by atoms with Crippen molar-refractivity contribution < 1.29 is 23.1 Å². The van der Waals surface area contributed by atoms with Gasteiger partial charge < -0.3 is 25.9 Å². The predicted octanol–water partition coefficient (Wildman–Crippen LogP) is 3.27. The van der Waals surface area contributed by atoms with Crippen molar-refractivity contribution in [1.82, 2.24) is 14.6 Å². The Morgan fingerprint density at radius 2 is 1.95 bits per heavy atom. The van der Waals surface area contributed by atoms with Crippen molar-refractivity contribution in [3.63, 3.8) is 0 Å². The third-order valence-corrected chi connectivity index (χ3v) is 9.61. The van der Waals surface area contributed by atoms with Gasteiger partial charge in [-0.05, 0) is 90.6 Å². The smallest absolute Gasteiger partial charge is 0.221 e. The van der Waals surface area contributed by atoms with E-state index in [4.69, 9.17) is 15.6 Å². The van der Waals surface area contributed by atoms with Gasteiger partial charge in [-0.1, -0.05) is 18.2 Å². The van der Waals surface area contributed by atoms with Crippen LogP contribution in [0.5, 0.6) is 0 Å². The molecule has 3 aromatic rings. The van der Waals surface area contributed by atoms with E-state index in [0.29, 0.717) is 26.1 Å².